The fourth-order valence-corrected chi connectivity index (χ4v) is 7.86. The highest BCUT2D eigenvalue weighted by Gasteiger charge is 2.16. The van der Waals surface area contributed by atoms with Crippen molar-refractivity contribution in [1.29, 1.82) is 0 Å². The van der Waals surface area contributed by atoms with Crippen molar-refractivity contribution in [3.8, 4) is 56.4 Å². The monoisotopic (exact) mass is 702 g/mol. The number of nitrogens with zero attached hydrogens (tertiary/aromatic N) is 4. The van der Waals surface area contributed by atoms with Crippen LogP contribution < -0.4 is 0 Å². The van der Waals surface area contributed by atoms with E-state index in [2.05, 4.69) is 126 Å². The third-order valence-corrected chi connectivity index (χ3v) is 10.6. The number of para-hydroxylation sites is 1. The van der Waals surface area contributed by atoms with Gasteiger partial charge in [-0.3, -0.25) is 4.98 Å². The maximum atomic E-state index is 6.33. The van der Waals surface area contributed by atoms with Crippen molar-refractivity contribution in [3.63, 3.8) is 0 Å². The van der Waals surface area contributed by atoms with Crippen molar-refractivity contribution in [2.75, 3.05) is 0 Å². The van der Waals surface area contributed by atoms with Crippen molar-refractivity contribution in [2.45, 2.75) is 0 Å². The Labute approximate surface area is 316 Å². The predicted molar refractivity (Wildman–Crippen MR) is 225 cm³/mol. The van der Waals surface area contributed by atoms with E-state index in [4.69, 9.17) is 19.4 Å². The highest BCUT2D eigenvalue weighted by molar-refractivity contribution is 6.28. The van der Waals surface area contributed by atoms with Gasteiger partial charge in [-0.2, -0.15) is 0 Å². The van der Waals surface area contributed by atoms with Crippen molar-refractivity contribution in [3.05, 3.63) is 182 Å². The summed E-state index contributed by atoms with van der Waals surface area (Å²) in [5.74, 6) is 1.88. The molecule has 8 aromatic carbocycles. The highest BCUT2D eigenvalue weighted by Crippen LogP contribution is 2.41. The summed E-state index contributed by atoms with van der Waals surface area (Å²) in [6.45, 7) is 0. The molecule has 0 fully saturated rings. The molecule has 0 atom stereocenters. The van der Waals surface area contributed by atoms with Crippen LogP contribution in [0.4, 0.5) is 0 Å². The molecule has 0 saturated carbocycles. The van der Waals surface area contributed by atoms with Crippen LogP contribution in [0.15, 0.2) is 187 Å². The molecule has 0 aliphatic rings. The molecule has 11 aromatic rings. The maximum Gasteiger partial charge on any atom is 0.164 e. The van der Waals surface area contributed by atoms with Crippen LogP contribution in [0.2, 0.25) is 0 Å². The number of hydrogen-bond acceptors (Lipinski definition) is 5. The molecular weight excluding hydrogens is 673 g/mol. The van der Waals surface area contributed by atoms with Gasteiger partial charge in [0.15, 0.2) is 17.5 Å². The van der Waals surface area contributed by atoms with Crippen LogP contribution in [0, 0.1) is 0 Å². The molecular formula is C50H30N4O. The molecule has 5 heteroatoms. The average molecular weight is 703 g/mol. The topological polar surface area (TPSA) is 64.7 Å². The fourth-order valence-electron chi connectivity index (χ4n) is 7.86. The second-order valence-corrected chi connectivity index (χ2v) is 13.9. The Balaban J connectivity index is 0.999. The summed E-state index contributed by atoms with van der Waals surface area (Å²) in [7, 11) is 0. The molecule has 256 valence electrons. The Bertz CT molecular complexity index is 3230. The summed E-state index contributed by atoms with van der Waals surface area (Å²) in [5, 5.41) is 9.59. The zero-order chi connectivity index (χ0) is 36.3. The molecule has 3 aromatic heterocycles. The summed E-state index contributed by atoms with van der Waals surface area (Å²) < 4.78 is 6.33. The second-order valence-electron chi connectivity index (χ2n) is 13.9. The van der Waals surface area contributed by atoms with E-state index in [1.807, 2.05) is 54.7 Å². The van der Waals surface area contributed by atoms with Crippen molar-refractivity contribution < 1.29 is 4.42 Å². The molecule has 5 nitrogen and oxygen atoms in total. The van der Waals surface area contributed by atoms with Gasteiger partial charge in [-0.1, -0.05) is 140 Å². The van der Waals surface area contributed by atoms with Gasteiger partial charge >= 0.3 is 0 Å². The van der Waals surface area contributed by atoms with Crippen LogP contribution in [-0.4, -0.2) is 19.9 Å². The number of rotatable bonds is 5. The summed E-state index contributed by atoms with van der Waals surface area (Å²) in [6, 6.07) is 59.2. The number of furan rings is 1. The van der Waals surface area contributed by atoms with E-state index < -0.39 is 0 Å². The first-order chi connectivity index (χ1) is 27.2. The van der Waals surface area contributed by atoms with E-state index >= 15 is 0 Å². The van der Waals surface area contributed by atoms with E-state index in [0.29, 0.717) is 17.5 Å². The highest BCUT2D eigenvalue weighted by atomic mass is 16.3. The van der Waals surface area contributed by atoms with Gasteiger partial charge < -0.3 is 4.42 Å². The first-order valence-corrected chi connectivity index (χ1v) is 18.4. The molecule has 11 rings (SSSR count). The number of fused-ring (bicyclic) bond motifs is 9. The molecule has 55 heavy (non-hydrogen) atoms. The molecule has 0 N–H and O–H groups in total. The van der Waals surface area contributed by atoms with Crippen molar-refractivity contribution in [1.82, 2.24) is 19.9 Å². The van der Waals surface area contributed by atoms with Gasteiger partial charge in [-0.25, -0.2) is 15.0 Å². The minimum atomic E-state index is 0.624. The van der Waals surface area contributed by atoms with Gasteiger partial charge in [0, 0.05) is 39.9 Å². The lowest BCUT2D eigenvalue weighted by Crippen LogP contribution is -2.00. The van der Waals surface area contributed by atoms with E-state index in [1.54, 1.807) is 6.20 Å². The number of benzene rings is 8. The SMILES string of the molecule is c1ccc(-c2nc(-c3ccc(-c4cccnc4)cc3)nc(-c3ccc(-c4ccc5c(c4)c4ccccc4c4cc6c(cc54)oc4ccccc46)cc3)n2)cc1. The largest absolute Gasteiger partial charge is 0.456 e. The van der Waals surface area contributed by atoms with Crippen LogP contribution in [0.25, 0.3) is 111 Å². The third kappa shape index (κ3) is 5.33. The first-order valence-electron chi connectivity index (χ1n) is 18.4. The van der Waals surface area contributed by atoms with Crippen molar-refractivity contribution >= 4 is 54.3 Å². The molecule has 0 aliphatic heterocycles. The number of aromatic nitrogens is 4. The smallest absolute Gasteiger partial charge is 0.164 e. The average Bonchev–Trinajstić information content (AvgIpc) is 3.64. The van der Waals surface area contributed by atoms with Gasteiger partial charge in [0.25, 0.3) is 0 Å². The van der Waals surface area contributed by atoms with Crippen LogP contribution in [0.3, 0.4) is 0 Å². The summed E-state index contributed by atoms with van der Waals surface area (Å²) >= 11 is 0. The number of hydrogen-bond donors (Lipinski definition) is 0. The predicted octanol–water partition coefficient (Wildman–Crippen LogP) is 13.0. The Hall–Kier alpha value is -7.50. The zero-order valence-corrected chi connectivity index (χ0v) is 29.5. The van der Waals surface area contributed by atoms with Gasteiger partial charge in [-0.15, -0.1) is 0 Å². The van der Waals surface area contributed by atoms with Crippen LogP contribution >= 0.6 is 0 Å². The minimum absolute atomic E-state index is 0.624. The van der Waals surface area contributed by atoms with Crippen LogP contribution in [-0.2, 0) is 0 Å². The molecule has 0 aliphatic carbocycles. The van der Waals surface area contributed by atoms with Crippen LogP contribution in [0.5, 0.6) is 0 Å². The standard InChI is InChI=1S/C50H30N4O/c1-2-9-33(10-3-1)48-52-49(54-50(53-48)35-22-18-32(19-23-35)37-11-8-26-51-30-37)34-20-16-31(17-21-34)36-24-25-40-42(27-36)38-12-4-5-13-39(38)43-28-45-41-14-6-7-15-46(41)55-47(45)29-44(40)43/h1-30H. The number of pyridine rings is 1. The maximum absolute atomic E-state index is 6.33. The molecule has 3 heterocycles. The fraction of sp³-hybridized carbons (Fsp3) is 0. The lowest BCUT2D eigenvalue weighted by Gasteiger charge is -2.13. The summed E-state index contributed by atoms with van der Waals surface area (Å²) in [4.78, 5) is 19.2. The van der Waals surface area contributed by atoms with E-state index in [-0.39, 0.29) is 0 Å². The van der Waals surface area contributed by atoms with Gasteiger partial charge in [-0.05, 0) is 84.9 Å². The quantitative estimate of drug-likeness (QED) is 0.167. The Morgan fingerprint density at radius 1 is 0.291 bits per heavy atom. The molecule has 0 amide bonds. The normalized spacial score (nSPS) is 11.6. The van der Waals surface area contributed by atoms with E-state index in [9.17, 15) is 0 Å². The Kier molecular flexibility index (Phi) is 7.10. The van der Waals surface area contributed by atoms with Crippen molar-refractivity contribution in [2.24, 2.45) is 0 Å². The van der Waals surface area contributed by atoms with Gasteiger partial charge in [0.2, 0.25) is 0 Å². The Morgan fingerprint density at radius 3 is 1.44 bits per heavy atom. The molecule has 0 unspecified atom stereocenters. The third-order valence-electron chi connectivity index (χ3n) is 10.6. The van der Waals surface area contributed by atoms with Gasteiger partial charge in [0.05, 0.1) is 0 Å². The van der Waals surface area contributed by atoms with Gasteiger partial charge in [0.1, 0.15) is 11.2 Å². The van der Waals surface area contributed by atoms with E-state index in [1.165, 1.54) is 32.3 Å². The lowest BCUT2D eigenvalue weighted by molar-refractivity contribution is 0.669. The lowest BCUT2D eigenvalue weighted by atomic mass is 9.91. The minimum Gasteiger partial charge on any atom is -0.456 e. The Morgan fingerprint density at radius 2 is 0.782 bits per heavy atom. The molecule has 0 saturated heterocycles. The zero-order valence-electron chi connectivity index (χ0n) is 29.5. The molecule has 0 bridgehead atoms. The summed E-state index contributed by atoms with van der Waals surface area (Å²) in [6.07, 6.45) is 3.65. The first kappa shape index (κ1) is 31.1. The van der Waals surface area contributed by atoms with E-state index in [0.717, 1.165) is 60.9 Å². The molecule has 0 radical (unpaired) electrons. The molecule has 0 spiro atoms. The summed E-state index contributed by atoms with van der Waals surface area (Å²) in [5.41, 5.74) is 9.00. The van der Waals surface area contributed by atoms with Crippen LogP contribution in [0.1, 0.15) is 0 Å². The second kappa shape index (κ2) is 12.6.